The lowest BCUT2D eigenvalue weighted by Crippen LogP contribution is -2.22. The largest absolute Gasteiger partial charge is 0.495 e. The predicted molar refractivity (Wildman–Crippen MR) is 126 cm³/mol. The Morgan fingerprint density at radius 2 is 1.84 bits per heavy atom. The molecular weight excluding hydrogens is 448 g/mol. The second kappa shape index (κ2) is 8.38. The molecule has 2 heterocycles. The number of carbonyl (C=O) groups is 1. The van der Waals surface area contributed by atoms with Gasteiger partial charge in [-0.2, -0.15) is 5.10 Å². The Bertz CT molecular complexity index is 1410. The number of aryl methyl sites for hydroxylation is 1. The van der Waals surface area contributed by atoms with E-state index in [1.165, 1.54) is 50.7 Å². The molecule has 0 saturated carbocycles. The first-order chi connectivity index (χ1) is 15.2. The van der Waals surface area contributed by atoms with Gasteiger partial charge >= 0.3 is 0 Å². The average Bonchev–Trinajstić information content (AvgIpc) is 3.35. The number of para-hydroxylation sites is 1. The number of anilines is 1. The van der Waals surface area contributed by atoms with Gasteiger partial charge in [0, 0.05) is 19.5 Å². The molecule has 32 heavy (non-hydrogen) atoms. The smallest absolute Gasteiger partial charge is 0.265 e. The molecule has 166 valence electrons. The molecule has 0 spiro atoms. The van der Waals surface area contributed by atoms with Crippen LogP contribution in [0.4, 0.5) is 5.69 Å². The van der Waals surface area contributed by atoms with Gasteiger partial charge in [0.15, 0.2) is 0 Å². The second-order valence-corrected chi connectivity index (χ2v) is 10.4. The number of ether oxygens (including phenoxy) is 1. The third-order valence-corrected chi connectivity index (χ3v) is 7.89. The minimum Gasteiger partial charge on any atom is -0.495 e. The molecule has 0 bridgehead atoms. The summed E-state index contributed by atoms with van der Waals surface area (Å²) in [5, 5.41) is 8.27. The maximum atomic E-state index is 13.1. The van der Waals surface area contributed by atoms with E-state index in [2.05, 4.69) is 10.4 Å². The van der Waals surface area contributed by atoms with Crippen molar-refractivity contribution in [2.75, 3.05) is 26.5 Å². The normalized spacial score (nSPS) is 11.8. The predicted octanol–water partition coefficient (Wildman–Crippen LogP) is 3.91. The molecule has 0 aliphatic carbocycles. The molecule has 2 aromatic carbocycles. The molecule has 0 aliphatic rings. The topological polar surface area (TPSA) is 93.5 Å². The van der Waals surface area contributed by atoms with Crippen LogP contribution in [0.3, 0.4) is 0 Å². The Hall–Kier alpha value is -3.21. The zero-order valence-corrected chi connectivity index (χ0v) is 19.6. The zero-order valence-electron chi connectivity index (χ0n) is 18.0. The first-order valence-electron chi connectivity index (χ1n) is 9.69. The van der Waals surface area contributed by atoms with Crippen LogP contribution in [0.5, 0.6) is 5.75 Å². The van der Waals surface area contributed by atoms with Crippen LogP contribution in [0.2, 0.25) is 0 Å². The molecule has 4 rings (SSSR count). The first-order valence-corrected chi connectivity index (χ1v) is 11.9. The fourth-order valence-electron chi connectivity index (χ4n) is 3.24. The monoisotopic (exact) mass is 470 g/mol. The van der Waals surface area contributed by atoms with Crippen molar-refractivity contribution >= 4 is 43.2 Å². The quantitative estimate of drug-likeness (QED) is 0.461. The fraction of sp³-hybridized carbons (Fsp3) is 0.182. The van der Waals surface area contributed by atoms with E-state index < -0.39 is 10.0 Å². The molecule has 8 nitrogen and oxygen atoms in total. The highest BCUT2D eigenvalue weighted by Gasteiger charge is 2.22. The molecule has 0 fully saturated rings. The van der Waals surface area contributed by atoms with E-state index >= 15 is 0 Å². The van der Waals surface area contributed by atoms with Gasteiger partial charge in [-0.15, -0.1) is 11.3 Å². The lowest BCUT2D eigenvalue weighted by atomic mass is 10.2. The maximum absolute atomic E-state index is 13.1. The van der Waals surface area contributed by atoms with Crippen molar-refractivity contribution < 1.29 is 17.9 Å². The molecular formula is C22H22N4O4S2. The van der Waals surface area contributed by atoms with E-state index in [1.54, 1.807) is 6.07 Å². The van der Waals surface area contributed by atoms with Crippen molar-refractivity contribution in [2.24, 2.45) is 0 Å². The molecule has 1 N–H and O–H groups in total. The van der Waals surface area contributed by atoms with Crippen molar-refractivity contribution in [1.29, 1.82) is 0 Å². The van der Waals surface area contributed by atoms with E-state index in [0.717, 1.165) is 25.9 Å². The van der Waals surface area contributed by atoms with E-state index in [0.29, 0.717) is 10.6 Å². The van der Waals surface area contributed by atoms with Gasteiger partial charge in [0.2, 0.25) is 10.0 Å². The van der Waals surface area contributed by atoms with Crippen LogP contribution in [0.15, 0.2) is 59.5 Å². The van der Waals surface area contributed by atoms with Crippen LogP contribution < -0.4 is 10.1 Å². The molecule has 1 amide bonds. The number of rotatable bonds is 6. The van der Waals surface area contributed by atoms with Crippen molar-refractivity contribution in [3.05, 3.63) is 65.2 Å². The Labute approximate surface area is 190 Å². The Morgan fingerprint density at radius 3 is 2.50 bits per heavy atom. The van der Waals surface area contributed by atoms with Gasteiger partial charge in [-0.05, 0) is 43.3 Å². The SMILES string of the molecule is COc1ccc(S(=O)(=O)N(C)C)cc1NC(=O)c1cc2c(C)nn(-c3ccccc3)c2s1. The zero-order chi connectivity index (χ0) is 23.0. The van der Waals surface area contributed by atoms with Crippen molar-refractivity contribution in [3.8, 4) is 11.4 Å². The molecule has 2 aromatic heterocycles. The number of nitrogens with zero attached hydrogens (tertiary/aromatic N) is 3. The standard InChI is InChI=1S/C22H22N4O4S2/c1-14-17-13-20(31-22(17)26(24-14)15-8-6-5-7-9-15)21(27)23-18-12-16(10-11-19(18)30-4)32(28,29)25(2)3/h5-13H,1-4H3,(H,23,27). The number of aromatic nitrogens is 2. The number of sulfonamides is 1. The lowest BCUT2D eigenvalue weighted by molar-refractivity contribution is 0.103. The maximum Gasteiger partial charge on any atom is 0.265 e. The van der Waals surface area contributed by atoms with E-state index in [4.69, 9.17) is 4.74 Å². The number of hydrogen-bond acceptors (Lipinski definition) is 6. The van der Waals surface area contributed by atoms with Gasteiger partial charge in [-0.25, -0.2) is 17.4 Å². The summed E-state index contributed by atoms with van der Waals surface area (Å²) in [7, 11) is 0.703. The lowest BCUT2D eigenvalue weighted by Gasteiger charge is -2.15. The van der Waals surface area contributed by atoms with Gasteiger partial charge < -0.3 is 10.1 Å². The summed E-state index contributed by atoms with van der Waals surface area (Å²) >= 11 is 1.32. The highest BCUT2D eigenvalue weighted by atomic mass is 32.2. The molecule has 0 saturated heterocycles. The number of carbonyl (C=O) groups excluding carboxylic acids is 1. The summed E-state index contributed by atoms with van der Waals surface area (Å²) in [4.78, 5) is 14.5. The number of amides is 1. The summed E-state index contributed by atoms with van der Waals surface area (Å²) in [6.45, 7) is 1.90. The third kappa shape index (κ3) is 3.88. The minimum absolute atomic E-state index is 0.0607. The van der Waals surface area contributed by atoms with Gasteiger partial charge in [-0.3, -0.25) is 4.79 Å². The van der Waals surface area contributed by atoms with E-state index in [1.807, 2.05) is 41.9 Å². The second-order valence-electron chi connectivity index (χ2n) is 7.27. The Morgan fingerprint density at radius 1 is 1.12 bits per heavy atom. The van der Waals surface area contributed by atoms with Crippen LogP contribution in [0.25, 0.3) is 15.9 Å². The van der Waals surface area contributed by atoms with Gasteiger partial charge in [0.25, 0.3) is 5.91 Å². The summed E-state index contributed by atoms with van der Waals surface area (Å²) in [6.07, 6.45) is 0. The molecule has 0 atom stereocenters. The number of benzene rings is 2. The number of methoxy groups -OCH3 is 1. The van der Waals surface area contributed by atoms with Crippen LogP contribution in [0, 0.1) is 6.92 Å². The van der Waals surface area contributed by atoms with Crippen LogP contribution in [-0.2, 0) is 10.0 Å². The molecule has 0 unspecified atom stereocenters. The highest BCUT2D eigenvalue weighted by molar-refractivity contribution is 7.89. The summed E-state index contributed by atoms with van der Waals surface area (Å²) < 4.78 is 33.2. The summed E-state index contributed by atoms with van der Waals surface area (Å²) in [5.74, 6) is 0.00622. The molecule has 0 radical (unpaired) electrons. The summed E-state index contributed by atoms with van der Waals surface area (Å²) in [5.41, 5.74) is 2.00. The number of nitrogens with one attached hydrogen (secondary N) is 1. The van der Waals surface area contributed by atoms with Crippen LogP contribution in [0.1, 0.15) is 15.4 Å². The van der Waals surface area contributed by atoms with Gasteiger partial charge in [-0.1, -0.05) is 18.2 Å². The van der Waals surface area contributed by atoms with Crippen molar-refractivity contribution in [1.82, 2.24) is 14.1 Å². The van der Waals surface area contributed by atoms with Crippen LogP contribution in [-0.4, -0.2) is 49.6 Å². The van der Waals surface area contributed by atoms with Crippen molar-refractivity contribution in [2.45, 2.75) is 11.8 Å². The molecule has 0 aliphatic heterocycles. The van der Waals surface area contributed by atoms with Gasteiger partial charge in [0.05, 0.1) is 34.0 Å². The highest BCUT2D eigenvalue weighted by Crippen LogP contribution is 2.33. The molecule has 10 heteroatoms. The average molecular weight is 471 g/mol. The third-order valence-electron chi connectivity index (χ3n) is 4.97. The Kier molecular flexibility index (Phi) is 5.76. The minimum atomic E-state index is -3.66. The van der Waals surface area contributed by atoms with Crippen molar-refractivity contribution in [3.63, 3.8) is 0 Å². The molecule has 4 aromatic rings. The number of hydrogen-bond donors (Lipinski definition) is 1. The number of thiophene rings is 1. The first kappa shape index (κ1) is 22.0. The van der Waals surface area contributed by atoms with Crippen LogP contribution >= 0.6 is 11.3 Å². The Balaban J connectivity index is 1.70. The number of fused-ring (bicyclic) bond motifs is 1. The fourth-order valence-corrected chi connectivity index (χ4v) is 5.25. The summed E-state index contributed by atoms with van der Waals surface area (Å²) in [6, 6.07) is 15.9. The van der Waals surface area contributed by atoms with Gasteiger partial charge in [0.1, 0.15) is 10.6 Å². The van der Waals surface area contributed by atoms with E-state index in [-0.39, 0.29) is 16.5 Å². The van der Waals surface area contributed by atoms with E-state index in [9.17, 15) is 13.2 Å².